The zero-order valence-electron chi connectivity index (χ0n) is 13.8. The predicted octanol–water partition coefficient (Wildman–Crippen LogP) is 1.86. The number of hydrogen-bond donors (Lipinski definition) is 4. The van der Waals surface area contributed by atoms with Crippen molar-refractivity contribution in [2.75, 3.05) is 5.32 Å². The summed E-state index contributed by atoms with van der Waals surface area (Å²) in [6.45, 7) is 3.72. The van der Waals surface area contributed by atoms with Crippen LogP contribution >= 0.6 is 12.2 Å². The van der Waals surface area contributed by atoms with Crippen LogP contribution in [0, 0.1) is 0 Å². The molecule has 0 radical (unpaired) electrons. The minimum atomic E-state index is -0.410. The lowest BCUT2D eigenvalue weighted by molar-refractivity contribution is -0.119. The van der Waals surface area contributed by atoms with E-state index >= 15 is 0 Å². The molecule has 0 atom stereocenters. The molecule has 1 rings (SSSR count). The van der Waals surface area contributed by atoms with E-state index < -0.39 is 5.91 Å². The zero-order valence-corrected chi connectivity index (χ0v) is 14.6. The number of unbranched alkanes of at least 4 members (excludes halogenated alkanes) is 1. The second kappa shape index (κ2) is 10.3. The fraction of sp³-hybridized carbons (Fsp3) is 0.375. The van der Waals surface area contributed by atoms with Gasteiger partial charge in [-0.3, -0.25) is 25.2 Å². The summed E-state index contributed by atoms with van der Waals surface area (Å²) in [5, 5.41) is 5.19. The van der Waals surface area contributed by atoms with Gasteiger partial charge in [0.25, 0.3) is 5.91 Å². The molecular weight excluding hydrogens is 328 g/mol. The molecule has 0 aromatic heterocycles. The van der Waals surface area contributed by atoms with Gasteiger partial charge >= 0.3 is 0 Å². The van der Waals surface area contributed by atoms with Gasteiger partial charge in [0.15, 0.2) is 5.11 Å². The molecule has 0 unspecified atom stereocenters. The number of nitrogens with one attached hydrogen (secondary N) is 4. The van der Waals surface area contributed by atoms with E-state index in [4.69, 9.17) is 12.2 Å². The second-order valence-electron chi connectivity index (χ2n) is 5.04. The van der Waals surface area contributed by atoms with E-state index in [1.807, 2.05) is 6.92 Å². The standard InChI is InChI=1S/C16H22N4O3S/c1-3-5-6-14(22)17-12-9-7-11(8-10-12)15(23)19-20-16(24)18-13(21)4-2/h7-10H,3-6H2,1-2H3,(H,17,22)(H,19,23)(H2,18,20,21,24). The number of carbonyl (C=O) groups excluding carboxylic acids is 3. The van der Waals surface area contributed by atoms with E-state index in [1.54, 1.807) is 31.2 Å². The lowest BCUT2D eigenvalue weighted by Gasteiger charge is -2.10. The van der Waals surface area contributed by atoms with E-state index in [-0.39, 0.29) is 16.9 Å². The maximum atomic E-state index is 11.9. The van der Waals surface area contributed by atoms with Crippen LogP contribution in [0.2, 0.25) is 0 Å². The number of hydrogen-bond acceptors (Lipinski definition) is 4. The zero-order chi connectivity index (χ0) is 17.9. The Kier molecular flexibility index (Phi) is 8.42. The number of thiocarbonyl (C=S) groups is 1. The van der Waals surface area contributed by atoms with Gasteiger partial charge in [0.2, 0.25) is 11.8 Å². The lowest BCUT2D eigenvalue weighted by atomic mass is 10.2. The van der Waals surface area contributed by atoms with Gasteiger partial charge in [0.05, 0.1) is 0 Å². The highest BCUT2D eigenvalue weighted by Gasteiger charge is 2.08. The molecule has 0 aliphatic heterocycles. The average molecular weight is 350 g/mol. The number of benzene rings is 1. The third-order valence-corrected chi connectivity index (χ3v) is 3.26. The Balaban J connectivity index is 2.47. The molecule has 8 heteroatoms. The van der Waals surface area contributed by atoms with E-state index in [2.05, 4.69) is 21.5 Å². The highest BCUT2D eigenvalue weighted by atomic mass is 32.1. The van der Waals surface area contributed by atoms with Crippen molar-refractivity contribution < 1.29 is 14.4 Å². The molecule has 0 fully saturated rings. The third kappa shape index (κ3) is 7.19. The Bertz CT molecular complexity index is 602. The van der Waals surface area contributed by atoms with E-state index in [9.17, 15) is 14.4 Å². The van der Waals surface area contributed by atoms with Gasteiger partial charge < -0.3 is 10.6 Å². The van der Waals surface area contributed by atoms with Gasteiger partial charge in [0, 0.05) is 24.1 Å². The minimum absolute atomic E-state index is 0.0232. The summed E-state index contributed by atoms with van der Waals surface area (Å²) in [7, 11) is 0. The van der Waals surface area contributed by atoms with Crippen LogP contribution in [-0.4, -0.2) is 22.8 Å². The van der Waals surface area contributed by atoms with Gasteiger partial charge in [0.1, 0.15) is 0 Å². The van der Waals surface area contributed by atoms with Gasteiger partial charge in [-0.2, -0.15) is 0 Å². The van der Waals surface area contributed by atoms with Crippen LogP contribution < -0.4 is 21.5 Å². The first-order valence-corrected chi connectivity index (χ1v) is 8.17. The van der Waals surface area contributed by atoms with Crippen LogP contribution in [0.15, 0.2) is 24.3 Å². The van der Waals surface area contributed by atoms with Crippen molar-refractivity contribution in [3.05, 3.63) is 29.8 Å². The van der Waals surface area contributed by atoms with Crippen LogP contribution in [0.3, 0.4) is 0 Å². The molecule has 0 bridgehead atoms. The minimum Gasteiger partial charge on any atom is -0.326 e. The fourth-order valence-corrected chi connectivity index (χ4v) is 1.86. The largest absolute Gasteiger partial charge is 0.326 e. The Hall–Kier alpha value is -2.48. The molecule has 0 saturated carbocycles. The SMILES string of the molecule is CCCCC(=O)Nc1ccc(C(=O)NNC(=S)NC(=O)CC)cc1. The smallest absolute Gasteiger partial charge is 0.269 e. The van der Waals surface area contributed by atoms with E-state index in [0.29, 0.717) is 24.1 Å². The van der Waals surface area contributed by atoms with Crippen molar-refractivity contribution in [1.29, 1.82) is 0 Å². The van der Waals surface area contributed by atoms with Crippen molar-refractivity contribution >= 4 is 40.7 Å². The summed E-state index contributed by atoms with van der Waals surface area (Å²) < 4.78 is 0. The molecular formula is C16H22N4O3S. The molecule has 0 aliphatic carbocycles. The van der Waals surface area contributed by atoms with Crippen LogP contribution in [0.1, 0.15) is 49.9 Å². The molecule has 130 valence electrons. The van der Waals surface area contributed by atoms with Gasteiger partial charge in [-0.25, -0.2) is 0 Å². The number of carbonyl (C=O) groups is 3. The summed E-state index contributed by atoms with van der Waals surface area (Å²) in [6.07, 6.45) is 2.57. The Morgan fingerprint density at radius 2 is 1.67 bits per heavy atom. The Morgan fingerprint density at radius 3 is 2.25 bits per heavy atom. The third-order valence-electron chi connectivity index (χ3n) is 3.05. The van der Waals surface area contributed by atoms with Crippen molar-refractivity contribution in [3.63, 3.8) is 0 Å². The summed E-state index contributed by atoms with van der Waals surface area (Å²) in [6, 6.07) is 6.46. The average Bonchev–Trinajstić information content (AvgIpc) is 2.58. The van der Waals surface area contributed by atoms with E-state index in [1.165, 1.54) is 0 Å². The van der Waals surface area contributed by atoms with Crippen LogP contribution in [0.25, 0.3) is 0 Å². The van der Waals surface area contributed by atoms with Crippen molar-refractivity contribution in [1.82, 2.24) is 16.2 Å². The first-order valence-electron chi connectivity index (χ1n) is 7.76. The summed E-state index contributed by atoms with van der Waals surface area (Å²) in [4.78, 5) is 34.7. The molecule has 7 nitrogen and oxygen atoms in total. The number of rotatable bonds is 6. The highest BCUT2D eigenvalue weighted by Crippen LogP contribution is 2.10. The molecule has 4 N–H and O–H groups in total. The molecule has 24 heavy (non-hydrogen) atoms. The highest BCUT2D eigenvalue weighted by molar-refractivity contribution is 7.80. The second-order valence-corrected chi connectivity index (χ2v) is 5.45. The monoisotopic (exact) mass is 350 g/mol. The maximum Gasteiger partial charge on any atom is 0.269 e. The predicted molar refractivity (Wildman–Crippen MR) is 96.2 cm³/mol. The van der Waals surface area contributed by atoms with Crippen molar-refractivity contribution in [2.45, 2.75) is 39.5 Å². The number of amides is 3. The van der Waals surface area contributed by atoms with Crippen LogP contribution in [0.4, 0.5) is 5.69 Å². The van der Waals surface area contributed by atoms with Gasteiger partial charge in [-0.15, -0.1) is 0 Å². The van der Waals surface area contributed by atoms with Crippen LogP contribution in [-0.2, 0) is 9.59 Å². The van der Waals surface area contributed by atoms with E-state index in [0.717, 1.165) is 12.8 Å². The molecule has 1 aromatic carbocycles. The van der Waals surface area contributed by atoms with Crippen molar-refractivity contribution in [2.24, 2.45) is 0 Å². The first kappa shape index (κ1) is 19.6. The molecule has 1 aromatic rings. The summed E-state index contributed by atoms with van der Waals surface area (Å²) in [5.74, 6) is -0.704. The Labute approximate surface area is 146 Å². The molecule has 0 heterocycles. The lowest BCUT2D eigenvalue weighted by Crippen LogP contribution is -2.48. The van der Waals surface area contributed by atoms with Crippen LogP contribution in [0.5, 0.6) is 0 Å². The van der Waals surface area contributed by atoms with Gasteiger partial charge in [-0.05, 0) is 42.9 Å². The normalized spacial score (nSPS) is 9.75. The molecule has 3 amide bonds. The maximum absolute atomic E-state index is 11.9. The molecule has 0 spiro atoms. The number of anilines is 1. The summed E-state index contributed by atoms with van der Waals surface area (Å²) >= 11 is 4.86. The quantitative estimate of drug-likeness (QED) is 0.464. The fourth-order valence-electron chi connectivity index (χ4n) is 1.70. The number of hydrazine groups is 1. The Morgan fingerprint density at radius 1 is 1.00 bits per heavy atom. The van der Waals surface area contributed by atoms with Crippen molar-refractivity contribution in [3.8, 4) is 0 Å². The van der Waals surface area contributed by atoms with Gasteiger partial charge in [-0.1, -0.05) is 20.3 Å². The first-order chi connectivity index (χ1) is 11.5. The molecule has 0 aliphatic rings. The summed E-state index contributed by atoms with van der Waals surface area (Å²) in [5.41, 5.74) is 5.85. The topological polar surface area (TPSA) is 99.3 Å². The molecule has 0 saturated heterocycles.